The zero-order valence-electron chi connectivity index (χ0n) is 21.5. The van der Waals surface area contributed by atoms with Gasteiger partial charge in [0.1, 0.15) is 5.82 Å². The Morgan fingerprint density at radius 2 is 1.70 bits per heavy atom. The average Bonchev–Trinajstić information content (AvgIpc) is 3.04. The molecule has 1 aliphatic carbocycles. The summed E-state index contributed by atoms with van der Waals surface area (Å²) in [7, 11) is 0. The van der Waals surface area contributed by atoms with Gasteiger partial charge in [0.2, 0.25) is 5.91 Å². The van der Waals surface area contributed by atoms with Gasteiger partial charge in [0.15, 0.2) is 5.78 Å². The van der Waals surface area contributed by atoms with E-state index in [4.69, 9.17) is 0 Å². The molecule has 1 N–H and O–H groups in total. The van der Waals surface area contributed by atoms with Crippen LogP contribution in [0.15, 0.2) is 84.1 Å². The Morgan fingerprint density at radius 1 is 0.973 bits per heavy atom. The molecule has 0 fully saturated rings. The molecular weight excluding hydrogens is 463 g/mol. The van der Waals surface area contributed by atoms with Gasteiger partial charge in [-0.05, 0) is 49.4 Å². The Kier molecular flexibility index (Phi) is 7.22. The van der Waals surface area contributed by atoms with E-state index >= 15 is 4.39 Å². The number of carbonyl (C=O) groups is 2. The van der Waals surface area contributed by atoms with Crippen LogP contribution in [0, 0.1) is 12.7 Å². The van der Waals surface area contributed by atoms with Crippen LogP contribution in [0.1, 0.15) is 74.1 Å². The minimum Gasteiger partial charge on any atom is -0.357 e. The van der Waals surface area contributed by atoms with Gasteiger partial charge >= 0.3 is 0 Å². The topological polar surface area (TPSA) is 49.4 Å². The van der Waals surface area contributed by atoms with Crippen molar-refractivity contribution in [2.45, 2.75) is 64.3 Å². The molecular formula is C32H33FN2O2. The van der Waals surface area contributed by atoms with Gasteiger partial charge in [0.25, 0.3) is 0 Å². The molecule has 0 spiro atoms. The molecule has 0 unspecified atom stereocenters. The Balaban J connectivity index is 1.67. The van der Waals surface area contributed by atoms with E-state index in [0.29, 0.717) is 36.1 Å². The molecule has 0 radical (unpaired) electrons. The van der Waals surface area contributed by atoms with E-state index in [1.807, 2.05) is 31.2 Å². The van der Waals surface area contributed by atoms with E-state index in [1.54, 1.807) is 23.1 Å². The lowest BCUT2D eigenvalue weighted by atomic mass is 9.78. The van der Waals surface area contributed by atoms with E-state index in [-0.39, 0.29) is 17.6 Å². The first-order chi connectivity index (χ1) is 18.0. The van der Waals surface area contributed by atoms with Crippen molar-refractivity contribution in [3.8, 4) is 0 Å². The van der Waals surface area contributed by atoms with Crippen molar-refractivity contribution in [3.63, 3.8) is 0 Å². The summed E-state index contributed by atoms with van der Waals surface area (Å²) >= 11 is 0. The van der Waals surface area contributed by atoms with Gasteiger partial charge in [0.05, 0.1) is 17.4 Å². The first kappa shape index (κ1) is 24.9. The molecule has 5 rings (SSSR count). The predicted octanol–water partition coefficient (Wildman–Crippen LogP) is 7.62. The van der Waals surface area contributed by atoms with Crippen molar-refractivity contribution >= 4 is 23.1 Å². The number of ketones is 1. The van der Waals surface area contributed by atoms with Crippen molar-refractivity contribution in [1.29, 1.82) is 0 Å². The number of nitrogens with zero attached hydrogens (tertiary/aromatic N) is 1. The highest BCUT2D eigenvalue weighted by Crippen LogP contribution is 2.48. The fourth-order valence-electron chi connectivity index (χ4n) is 5.58. The third kappa shape index (κ3) is 4.95. The molecule has 0 bridgehead atoms. The van der Waals surface area contributed by atoms with Gasteiger partial charge < -0.3 is 5.32 Å². The van der Waals surface area contributed by atoms with Crippen LogP contribution in [0.25, 0.3) is 0 Å². The monoisotopic (exact) mass is 496 g/mol. The fraction of sp³-hybridized carbons (Fsp3) is 0.312. The summed E-state index contributed by atoms with van der Waals surface area (Å²) in [5, 5.41) is 3.52. The molecule has 0 saturated carbocycles. The Labute approximate surface area is 218 Å². The Hall–Kier alpha value is -3.73. The number of anilines is 2. The summed E-state index contributed by atoms with van der Waals surface area (Å²) in [5.41, 5.74) is 5.32. The van der Waals surface area contributed by atoms with E-state index in [9.17, 15) is 9.59 Å². The number of amides is 1. The van der Waals surface area contributed by atoms with Crippen LogP contribution in [0.2, 0.25) is 0 Å². The molecule has 1 heterocycles. The highest BCUT2D eigenvalue weighted by atomic mass is 19.1. The van der Waals surface area contributed by atoms with E-state index in [1.165, 1.54) is 11.6 Å². The summed E-state index contributed by atoms with van der Waals surface area (Å²) in [6.45, 7) is 4.14. The van der Waals surface area contributed by atoms with Gasteiger partial charge in [-0.25, -0.2) is 4.39 Å². The maximum atomic E-state index is 15.4. The van der Waals surface area contributed by atoms with Crippen molar-refractivity contribution in [2.24, 2.45) is 0 Å². The zero-order valence-corrected chi connectivity index (χ0v) is 21.5. The van der Waals surface area contributed by atoms with Crippen LogP contribution in [0.3, 0.4) is 0 Å². The number of benzene rings is 3. The number of rotatable bonds is 6. The number of allylic oxidation sites excluding steroid dienone is 1. The quantitative estimate of drug-likeness (QED) is 0.357. The van der Waals surface area contributed by atoms with Gasteiger partial charge in [-0.15, -0.1) is 0 Å². The largest absolute Gasteiger partial charge is 0.357 e. The number of para-hydroxylation sites is 2. The SMILES string of the molecule is CCCCCC(=O)N1c2ccccc2NC2=C(C(=O)C[C@@H](c3ccc(C)cc3)C2)[C@H]1c1ccccc1F. The molecule has 2 aliphatic rings. The summed E-state index contributed by atoms with van der Waals surface area (Å²) in [4.78, 5) is 29.4. The normalized spacial score (nSPS) is 19.1. The lowest BCUT2D eigenvalue weighted by molar-refractivity contribution is -0.119. The lowest BCUT2D eigenvalue weighted by Crippen LogP contribution is -2.38. The molecule has 0 aromatic heterocycles. The maximum absolute atomic E-state index is 15.4. The molecule has 190 valence electrons. The van der Waals surface area contributed by atoms with Crippen molar-refractivity contribution < 1.29 is 14.0 Å². The molecule has 3 aromatic rings. The zero-order chi connectivity index (χ0) is 25.9. The lowest BCUT2D eigenvalue weighted by Gasteiger charge is -2.35. The van der Waals surface area contributed by atoms with Crippen molar-refractivity contribution in [3.05, 3.63) is 107 Å². The van der Waals surface area contributed by atoms with Crippen molar-refractivity contribution in [2.75, 3.05) is 10.2 Å². The van der Waals surface area contributed by atoms with Crippen LogP contribution < -0.4 is 10.2 Å². The van der Waals surface area contributed by atoms with Crippen LogP contribution in [-0.2, 0) is 9.59 Å². The molecule has 3 aromatic carbocycles. The molecule has 2 atom stereocenters. The number of hydrogen-bond acceptors (Lipinski definition) is 3. The smallest absolute Gasteiger partial charge is 0.227 e. The number of hydrogen-bond donors (Lipinski definition) is 1. The van der Waals surface area contributed by atoms with Gasteiger partial charge in [-0.2, -0.15) is 0 Å². The number of nitrogens with one attached hydrogen (secondary N) is 1. The van der Waals surface area contributed by atoms with Crippen molar-refractivity contribution in [1.82, 2.24) is 0 Å². The number of carbonyl (C=O) groups excluding carboxylic acids is 2. The van der Waals surface area contributed by atoms with Crippen LogP contribution in [-0.4, -0.2) is 11.7 Å². The number of Topliss-reactive ketones (excluding diaryl/α,β-unsaturated/α-hetero) is 1. The first-order valence-corrected chi connectivity index (χ1v) is 13.2. The molecule has 1 amide bonds. The number of halogens is 1. The number of aryl methyl sites for hydroxylation is 1. The van der Waals surface area contributed by atoms with Gasteiger partial charge in [-0.3, -0.25) is 14.5 Å². The second-order valence-electron chi connectivity index (χ2n) is 10.1. The van der Waals surface area contributed by atoms with Crippen LogP contribution in [0.4, 0.5) is 15.8 Å². The average molecular weight is 497 g/mol. The molecule has 37 heavy (non-hydrogen) atoms. The Morgan fingerprint density at radius 3 is 2.46 bits per heavy atom. The Bertz CT molecular complexity index is 1340. The standard InChI is InChI=1S/C32H33FN2O2/c1-3-4-5-14-30(37)35-28-13-9-8-12-26(28)34-27-19-23(22-17-15-21(2)16-18-22)20-29(36)31(27)32(35)24-10-6-7-11-25(24)33/h6-13,15-18,23,32,34H,3-5,14,19-20H2,1-2H3/t23-,32+/m0/s1. The summed E-state index contributed by atoms with van der Waals surface area (Å²) in [5.74, 6) is -0.553. The molecule has 5 heteroatoms. The molecule has 1 aliphatic heterocycles. The maximum Gasteiger partial charge on any atom is 0.227 e. The predicted molar refractivity (Wildman–Crippen MR) is 146 cm³/mol. The van der Waals surface area contributed by atoms with E-state index in [2.05, 4.69) is 36.5 Å². The second-order valence-corrected chi connectivity index (χ2v) is 10.1. The fourth-order valence-corrected chi connectivity index (χ4v) is 5.58. The number of fused-ring (bicyclic) bond motifs is 1. The number of unbranched alkanes of at least 4 members (excludes halogenated alkanes) is 2. The highest BCUT2D eigenvalue weighted by Gasteiger charge is 2.42. The molecule has 0 saturated heterocycles. The second kappa shape index (κ2) is 10.7. The summed E-state index contributed by atoms with van der Waals surface area (Å²) < 4.78 is 15.4. The third-order valence-corrected chi connectivity index (χ3v) is 7.50. The minimum atomic E-state index is -0.826. The first-order valence-electron chi connectivity index (χ1n) is 13.2. The summed E-state index contributed by atoms with van der Waals surface area (Å²) in [6.07, 6.45) is 3.96. The third-order valence-electron chi connectivity index (χ3n) is 7.50. The van der Waals surface area contributed by atoms with Gasteiger partial charge in [-0.1, -0.05) is 79.9 Å². The van der Waals surface area contributed by atoms with Crippen LogP contribution >= 0.6 is 0 Å². The minimum absolute atomic E-state index is 0.0135. The van der Waals surface area contributed by atoms with Gasteiger partial charge in [0, 0.05) is 29.7 Å². The van der Waals surface area contributed by atoms with E-state index < -0.39 is 11.9 Å². The molecule has 4 nitrogen and oxygen atoms in total. The van der Waals surface area contributed by atoms with Crippen LogP contribution in [0.5, 0.6) is 0 Å². The van der Waals surface area contributed by atoms with E-state index in [0.717, 1.165) is 36.2 Å². The highest BCUT2D eigenvalue weighted by molar-refractivity contribution is 6.06. The summed E-state index contributed by atoms with van der Waals surface area (Å²) in [6, 6.07) is 21.6.